The standard InChI is InChI=1S/C15H28N2S/c1-3-4-5-6-7-8-9-10-11-17-14(2)15-12-16-13-18-15/h12-14,17H,3-11H2,1-2H3. The fourth-order valence-corrected chi connectivity index (χ4v) is 2.77. The van der Waals surface area contributed by atoms with Crippen LogP contribution in [0.4, 0.5) is 0 Å². The van der Waals surface area contributed by atoms with Crippen LogP contribution in [0.1, 0.15) is 76.1 Å². The first-order valence-corrected chi connectivity index (χ1v) is 8.34. The SMILES string of the molecule is CCCCCCCCCCNC(C)c1cncs1. The highest BCUT2D eigenvalue weighted by Gasteiger charge is 2.04. The van der Waals surface area contributed by atoms with Crippen molar-refractivity contribution in [3.8, 4) is 0 Å². The highest BCUT2D eigenvalue weighted by atomic mass is 32.1. The van der Waals surface area contributed by atoms with Gasteiger partial charge in [0, 0.05) is 17.1 Å². The molecule has 3 heteroatoms. The Morgan fingerprint density at radius 2 is 1.78 bits per heavy atom. The highest BCUT2D eigenvalue weighted by molar-refractivity contribution is 7.09. The van der Waals surface area contributed by atoms with Gasteiger partial charge in [0.25, 0.3) is 0 Å². The second-order valence-electron chi connectivity index (χ2n) is 5.05. The molecular weight excluding hydrogens is 240 g/mol. The maximum absolute atomic E-state index is 4.11. The molecule has 0 fully saturated rings. The van der Waals surface area contributed by atoms with Crippen molar-refractivity contribution >= 4 is 11.3 Å². The average molecular weight is 268 g/mol. The normalized spacial score (nSPS) is 12.8. The van der Waals surface area contributed by atoms with E-state index in [9.17, 15) is 0 Å². The number of unbranched alkanes of at least 4 members (excludes halogenated alkanes) is 7. The van der Waals surface area contributed by atoms with E-state index in [0.717, 1.165) is 6.54 Å². The molecule has 0 aliphatic carbocycles. The summed E-state index contributed by atoms with van der Waals surface area (Å²) in [5.41, 5.74) is 1.91. The summed E-state index contributed by atoms with van der Waals surface area (Å²) in [6, 6.07) is 0.460. The van der Waals surface area contributed by atoms with Crippen LogP contribution in [-0.4, -0.2) is 11.5 Å². The molecule has 0 radical (unpaired) electrons. The van der Waals surface area contributed by atoms with Crippen molar-refractivity contribution in [3.05, 3.63) is 16.6 Å². The molecule has 0 aliphatic rings. The zero-order chi connectivity index (χ0) is 13.1. The van der Waals surface area contributed by atoms with Crippen LogP contribution in [-0.2, 0) is 0 Å². The summed E-state index contributed by atoms with van der Waals surface area (Å²) in [4.78, 5) is 5.46. The number of aromatic nitrogens is 1. The molecule has 0 spiro atoms. The Hall–Kier alpha value is -0.410. The van der Waals surface area contributed by atoms with Crippen molar-refractivity contribution < 1.29 is 0 Å². The summed E-state index contributed by atoms with van der Waals surface area (Å²) in [7, 11) is 0. The summed E-state index contributed by atoms with van der Waals surface area (Å²) in [6.07, 6.45) is 13.1. The molecule has 1 unspecified atom stereocenters. The lowest BCUT2D eigenvalue weighted by Gasteiger charge is -2.11. The Bertz CT molecular complexity index is 272. The van der Waals surface area contributed by atoms with E-state index in [1.807, 2.05) is 11.7 Å². The number of hydrogen-bond acceptors (Lipinski definition) is 3. The second-order valence-corrected chi connectivity index (χ2v) is 5.97. The van der Waals surface area contributed by atoms with Crippen LogP contribution in [0.25, 0.3) is 0 Å². The molecule has 1 rings (SSSR count). The lowest BCUT2D eigenvalue weighted by Crippen LogP contribution is -2.18. The maximum Gasteiger partial charge on any atom is 0.0794 e. The molecule has 2 nitrogen and oxygen atoms in total. The molecule has 1 aromatic rings. The summed E-state index contributed by atoms with van der Waals surface area (Å²) < 4.78 is 0. The molecule has 1 N–H and O–H groups in total. The molecule has 1 aromatic heterocycles. The van der Waals surface area contributed by atoms with Crippen molar-refractivity contribution in [3.63, 3.8) is 0 Å². The van der Waals surface area contributed by atoms with Crippen LogP contribution in [0.3, 0.4) is 0 Å². The monoisotopic (exact) mass is 268 g/mol. The van der Waals surface area contributed by atoms with E-state index in [0.29, 0.717) is 6.04 Å². The van der Waals surface area contributed by atoms with E-state index < -0.39 is 0 Å². The van der Waals surface area contributed by atoms with Crippen LogP contribution in [0.5, 0.6) is 0 Å². The average Bonchev–Trinajstić information content (AvgIpc) is 2.90. The Morgan fingerprint density at radius 1 is 1.11 bits per heavy atom. The molecule has 104 valence electrons. The van der Waals surface area contributed by atoms with Gasteiger partial charge in [0.1, 0.15) is 0 Å². The van der Waals surface area contributed by atoms with Gasteiger partial charge < -0.3 is 5.32 Å². The summed E-state index contributed by atoms with van der Waals surface area (Å²) in [5, 5.41) is 3.57. The van der Waals surface area contributed by atoms with Crippen molar-refractivity contribution in [2.75, 3.05) is 6.54 Å². The van der Waals surface area contributed by atoms with Crippen molar-refractivity contribution in [2.45, 2.75) is 71.3 Å². The van der Waals surface area contributed by atoms with Crippen molar-refractivity contribution in [2.24, 2.45) is 0 Å². The highest BCUT2D eigenvalue weighted by Crippen LogP contribution is 2.16. The van der Waals surface area contributed by atoms with Gasteiger partial charge in [-0.2, -0.15) is 0 Å². The quantitative estimate of drug-likeness (QED) is 0.575. The molecule has 0 aliphatic heterocycles. The lowest BCUT2D eigenvalue weighted by molar-refractivity contribution is 0.525. The number of rotatable bonds is 11. The second kappa shape index (κ2) is 10.5. The van der Waals surface area contributed by atoms with Crippen LogP contribution in [0, 0.1) is 0 Å². The zero-order valence-corrected chi connectivity index (χ0v) is 12.8. The third-order valence-corrected chi connectivity index (χ3v) is 4.32. The predicted octanol–water partition coefficient (Wildman–Crippen LogP) is 4.93. The topological polar surface area (TPSA) is 24.9 Å². The Balaban J connectivity index is 1.87. The molecule has 0 aromatic carbocycles. The van der Waals surface area contributed by atoms with Gasteiger partial charge in [0.05, 0.1) is 5.51 Å². The fourth-order valence-electron chi connectivity index (χ4n) is 2.12. The van der Waals surface area contributed by atoms with Crippen LogP contribution < -0.4 is 5.32 Å². The summed E-state index contributed by atoms with van der Waals surface area (Å²) >= 11 is 1.74. The Morgan fingerprint density at radius 3 is 2.39 bits per heavy atom. The van der Waals surface area contributed by atoms with E-state index in [2.05, 4.69) is 24.1 Å². The molecule has 1 heterocycles. The van der Waals surface area contributed by atoms with Gasteiger partial charge in [-0.25, -0.2) is 0 Å². The first kappa shape index (κ1) is 15.6. The van der Waals surface area contributed by atoms with Gasteiger partial charge in [0.15, 0.2) is 0 Å². The maximum atomic E-state index is 4.11. The first-order valence-electron chi connectivity index (χ1n) is 7.46. The van der Waals surface area contributed by atoms with Gasteiger partial charge >= 0.3 is 0 Å². The van der Waals surface area contributed by atoms with Gasteiger partial charge in [0.2, 0.25) is 0 Å². The van der Waals surface area contributed by atoms with E-state index in [1.54, 1.807) is 11.3 Å². The molecule has 0 amide bonds. The fraction of sp³-hybridized carbons (Fsp3) is 0.800. The van der Waals surface area contributed by atoms with E-state index in [4.69, 9.17) is 0 Å². The minimum absolute atomic E-state index is 0.460. The van der Waals surface area contributed by atoms with Crippen LogP contribution >= 0.6 is 11.3 Å². The van der Waals surface area contributed by atoms with Crippen LogP contribution in [0.2, 0.25) is 0 Å². The summed E-state index contributed by atoms with van der Waals surface area (Å²) in [5.74, 6) is 0. The largest absolute Gasteiger partial charge is 0.309 e. The number of thiazole rings is 1. The molecule has 0 saturated carbocycles. The number of nitrogens with one attached hydrogen (secondary N) is 1. The van der Waals surface area contributed by atoms with E-state index in [-0.39, 0.29) is 0 Å². The zero-order valence-electron chi connectivity index (χ0n) is 12.0. The Labute approximate surface area is 116 Å². The van der Waals surface area contributed by atoms with Crippen LogP contribution in [0.15, 0.2) is 11.7 Å². The van der Waals surface area contributed by atoms with Crippen molar-refractivity contribution in [1.29, 1.82) is 0 Å². The first-order chi connectivity index (χ1) is 8.84. The molecule has 18 heavy (non-hydrogen) atoms. The van der Waals surface area contributed by atoms with E-state index in [1.165, 1.54) is 56.2 Å². The third-order valence-electron chi connectivity index (χ3n) is 3.36. The summed E-state index contributed by atoms with van der Waals surface area (Å²) in [6.45, 7) is 5.63. The predicted molar refractivity (Wildman–Crippen MR) is 81.1 cm³/mol. The van der Waals surface area contributed by atoms with Gasteiger partial charge in [-0.3, -0.25) is 4.98 Å². The van der Waals surface area contributed by atoms with E-state index >= 15 is 0 Å². The van der Waals surface area contributed by atoms with Gasteiger partial charge in [-0.15, -0.1) is 11.3 Å². The lowest BCUT2D eigenvalue weighted by atomic mass is 10.1. The molecule has 0 saturated heterocycles. The van der Waals surface area contributed by atoms with Gasteiger partial charge in [-0.05, 0) is 19.9 Å². The molecule has 0 bridgehead atoms. The number of hydrogen-bond donors (Lipinski definition) is 1. The molecule has 1 atom stereocenters. The van der Waals surface area contributed by atoms with Gasteiger partial charge in [-0.1, -0.05) is 51.9 Å². The minimum atomic E-state index is 0.460. The minimum Gasteiger partial charge on any atom is -0.309 e. The Kier molecular flexibility index (Phi) is 9.13. The van der Waals surface area contributed by atoms with Crippen molar-refractivity contribution in [1.82, 2.24) is 10.3 Å². The smallest absolute Gasteiger partial charge is 0.0794 e. The third kappa shape index (κ3) is 7.12. The number of nitrogens with zero attached hydrogens (tertiary/aromatic N) is 1. The molecular formula is C15H28N2S.